The maximum Gasteiger partial charge on any atom is 0.341 e. The van der Waals surface area contributed by atoms with Gasteiger partial charge in [-0.05, 0) is 23.6 Å². The molecule has 4 aromatic rings. The Kier molecular flexibility index (Phi) is 4.48. The minimum Gasteiger partial charge on any atom is -0.465 e. The van der Waals surface area contributed by atoms with Crippen molar-refractivity contribution in [1.29, 1.82) is 0 Å². The van der Waals surface area contributed by atoms with Gasteiger partial charge in [0.05, 0.1) is 17.7 Å². The molecule has 0 atom stereocenters. The molecule has 0 fully saturated rings. The van der Waals surface area contributed by atoms with Crippen LogP contribution in [-0.4, -0.2) is 37.2 Å². The van der Waals surface area contributed by atoms with Crippen molar-refractivity contribution in [3.63, 3.8) is 0 Å². The number of carbonyl (C=O) groups excluding carboxylic acids is 1. The molecule has 0 spiro atoms. The highest BCUT2D eigenvalue weighted by Crippen LogP contribution is 2.27. The number of pyridine rings is 1. The third-order valence-electron chi connectivity index (χ3n) is 3.86. The molecule has 0 aliphatic carbocycles. The monoisotopic (exact) mass is 385 g/mol. The Bertz CT molecular complexity index is 1070. The number of ether oxygens (including phenoxy) is 1. The zero-order chi connectivity index (χ0) is 18.1. The molecule has 7 nitrogen and oxygen atoms in total. The van der Waals surface area contributed by atoms with Crippen molar-refractivity contribution < 1.29 is 9.53 Å². The molecule has 4 rings (SSSR count). The van der Waals surface area contributed by atoms with Crippen LogP contribution in [0.2, 0.25) is 0 Å². The van der Waals surface area contributed by atoms with E-state index in [0.717, 1.165) is 21.6 Å². The van der Waals surface area contributed by atoms with Crippen LogP contribution in [0.3, 0.4) is 0 Å². The fourth-order valence-electron chi connectivity index (χ4n) is 2.60. The molecule has 0 saturated carbocycles. The third-order valence-corrected chi connectivity index (χ3v) is 5.78. The average molecular weight is 385 g/mol. The first-order valence-electron chi connectivity index (χ1n) is 7.78. The first kappa shape index (κ1) is 16.8. The van der Waals surface area contributed by atoms with Gasteiger partial charge in [0.1, 0.15) is 5.56 Å². The lowest BCUT2D eigenvalue weighted by molar-refractivity contribution is 0.0602. The second kappa shape index (κ2) is 6.93. The van der Waals surface area contributed by atoms with E-state index in [9.17, 15) is 4.79 Å². The normalized spacial score (nSPS) is 11.2. The number of imidazole rings is 1. The van der Waals surface area contributed by atoms with Gasteiger partial charge >= 0.3 is 5.97 Å². The van der Waals surface area contributed by atoms with Crippen molar-refractivity contribution >= 4 is 34.7 Å². The number of thioether (sulfide) groups is 1. The maximum atomic E-state index is 11.9. The van der Waals surface area contributed by atoms with Crippen LogP contribution in [0.5, 0.6) is 0 Å². The molecule has 4 heterocycles. The van der Waals surface area contributed by atoms with Crippen LogP contribution in [-0.2, 0) is 17.5 Å². The van der Waals surface area contributed by atoms with Crippen molar-refractivity contribution in [2.45, 2.75) is 10.9 Å². The summed E-state index contributed by atoms with van der Waals surface area (Å²) in [7, 11) is 3.32. The van der Waals surface area contributed by atoms with Crippen molar-refractivity contribution in [2.75, 3.05) is 7.11 Å². The van der Waals surface area contributed by atoms with Gasteiger partial charge in [-0.25, -0.2) is 9.78 Å². The Morgan fingerprint density at radius 1 is 1.31 bits per heavy atom. The van der Waals surface area contributed by atoms with Crippen LogP contribution >= 0.6 is 23.1 Å². The van der Waals surface area contributed by atoms with E-state index in [1.165, 1.54) is 7.11 Å². The van der Waals surface area contributed by atoms with Gasteiger partial charge in [-0.3, -0.25) is 0 Å². The molecular formula is C17H15N5O2S2. The van der Waals surface area contributed by atoms with Gasteiger partial charge in [0, 0.05) is 25.2 Å². The predicted octanol–water partition coefficient (Wildman–Crippen LogP) is 3.27. The number of hydrogen-bond acceptors (Lipinski definition) is 7. The summed E-state index contributed by atoms with van der Waals surface area (Å²) in [5.74, 6) is 1.08. The zero-order valence-electron chi connectivity index (χ0n) is 14.1. The van der Waals surface area contributed by atoms with Crippen LogP contribution < -0.4 is 0 Å². The number of nitrogens with zero attached hydrogens (tertiary/aromatic N) is 5. The molecule has 0 saturated heterocycles. The van der Waals surface area contributed by atoms with Crippen molar-refractivity contribution in [2.24, 2.45) is 7.05 Å². The minimum atomic E-state index is -0.394. The van der Waals surface area contributed by atoms with Crippen molar-refractivity contribution in [1.82, 2.24) is 24.1 Å². The standard InChI is InChI=1S/C17H15N5O2S2/c1-21-15(13-6-4-8-25-13)19-20-17(21)26-10-11-9-22-7-3-5-12(14(22)18-11)16(23)24-2/h3-9H,10H2,1-2H3. The predicted molar refractivity (Wildman–Crippen MR) is 100 cm³/mol. The van der Waals surface area contributed by atoms with Gasteiger partial charge < -0.3 is 13.7 Å². The molecular weight excluding hydrogens is 370 g/mol. The van der Waals surface area contributed by atoms with E-state index in [1.807, 2.05) is 45.9 Å². The highest BCUT2D eigenvalue weighted by Gasteiger charge is 2.15. The lowest BCUT2D eigenvalue weighted by atomic mass is 10.3. The van der Waals surface area contributed by atoms with Crippen LogP contribution in [0.15, 0.2) is 47.2 Å². The molecule has 9 heteroatoms. The SMILES string of the molecule is COC(=O)c1cccn2cc(CSc3nnc(-c4cccs4)n3C)nc12. The maximum absolute atomic E-state index is 11.9. The molecule has 0 aliphatic rings. The average Bonchev–Trinajstić information content (AvgIpc) is 3.38. The Hall–Kier alpha value is -2.65. The molecule has 0 N–H and O–H groups in total. The highest BCUT2D eigenvalue weighted by molar-refractivity contribution is 7.98. The van der Waals surface area contributed by atoms with Gasteiger partial charge in [-0.15, -0.1) is 21.5 Å². The van der Waals surface area contributed by atoms with E-state index in [-0.39, 0.29) is 0 Å². The van der Waals surface area contributed by atoms with Gasteiger partial charge in [-0.2, -0.15) is 0 Å². The number of fused-ring (bicyclic) bond motifs is 1. The zero-order valence-corrected chi connectivity index (χ0v) is 15.8. The Morgan fingerprint density at radius 3 is 2.96 bits per heavy atom. The summed E-state index contributed by atoms with van der Waals surface area (Å²) in [6, 6.07) is 7.53. The summed E-state index contributed by atoms with van der Waals surface area (Å²) in [5.41, 5.74) is 1.89. The Morgan fingerprint density at radius 2 is 2.19 bits per heavy atom. The molecule has 0 amide bonds. The number of hydrogen-bond donors (Lipinski definition) is 0. The first-order chi connectivity index (χ1) is 12.7. The van der Waals surface area contributed by atoms with E-state index in [4.69, 9.17) is 4.74 Å². The summed E-state index contributed by atoms with van der Waals surface area (Å²) < 4.78 is 8.63. The fraction of sp³-hybridized carbons (Fsp3) is 0.176. The van der Waals surface area contributed by atoms with E-state index in [1.54, 1.807) is 35.2 Å². The molecule has 0 aliphatic heterocycles. The first-order valence-corrected chi connectivity index (χ1v) is 9.65. The number of rotatable bonds is 5. The summed E-state index contributed by atoms with van der Waals surface area (Å²) in [5, 5.41) is 11.4. The second-order valence-corrected chi connectivity index (χ2v) is 7.40. The largest absolute Gasteiger partial charge is 0.465 e. The third kappa shape index (κ3) is 2.99. The topological polar surface area (TPSA) is 74.3 Å². The number of methoxy groups -OCH3 is 1. The second-order valence-electron chi connectivity index (χ2n) is 5.51. The highest BCUT2D eigenvalue weighted by atomic mass is 32.2. The van der Waals surface area contributed by atoms with E-state index >= 15 is 0 Å². The summed E-state index contributed by atoms with van der Waals surface area (Å²) in [6.45, 7) is 0. The van der Waals surface area contributed by atoms with E-state index in [2.05, 4.69) is 15.2 Å². The van der Waals surface area contributed by atoms with Crippen molar-refractivity contribution in [3.8, 4) is 10.7 Å². The summed E-state index contributed by atoms with van der Waals surface area (Å²) in [4.78, 5) is 17.5. The molecule has 0 unspecified atom stereocenters. The molecule has 4 aromatic heterocycles. The van der Waals surface area contributed by atoms with Crippen LogP contribution in [0.4, 0.5) is 0 Å². The molecule has 132 valence electrons. The lowest BCUT2D eigenvalue weighted by Crippen LogP contribution is -2.03. The van der Waals surface area contributed by atoms with Gasteiger partial charge in [0.15, 0.2) is 16.6 Å². The molecule has 0 bridgehead atoms. The van der Waals surface area contributed by atoms with E-state index < -0.39 is 5.97 Å². The number of thiophene rings is 1. The van der Waals surface area contributed by atoms with Gasteiger partial charge in [0.2, 0.25) is 0 Å². The summed E-state index contributed by atoms with van der Waals surface area (Å²) in [6.07, 6.45) is 3.77. The quantitative estimate of drug-likeness (QED) is 0.388. The lowest BCUT2D eigenvalue weighted by Gasteiger charge is -2.01. The fourth-order valence-corrected chi connectivity index (χ4v) is 4.14. The smallest absolute Gasteiger partial charge is 0.341 e. The van der Waals surface area contributed by atoms with Gasteiger partial charge in [-0.1, -0.05) is 17.8 Å². The molecule has 0 aromatic carbocycles. The number of aromatic nitrogens is 5. The van der Waals surface area contributed by atoms with Crippen LogP contribution in [0, 0.1) is 0 Å². The molecule has 0 radical (unpaired) electrons. The van der Waals surface area contributed by atoms with Crippen molar-refractivity contribution in [3.05, 3.63) is 53.3 Å². The summed E-state index contributed by atoms with van der Waals surface area (Å²) >= 11 is 3.19. The Labute approximate surface area is 157 Å². The van der Waals surface area contributed by atoms with Gasteiger partial charge in [0.25, 0.3) is 0 Å². The molecule has 26 heavy (non-hydrogen) atoms. The van der Waals surface area contributed by atoms with Crippen LogP contribution in [0.25, 0.3) is 16.3 Å². The number of carbonyl (C=O) groups is 1. The van der Waals surface area contributed by atoms with E-state index in [0.29, 0.717) is 17.0 Å². The van der Waals surface area contributed by atoms with Crippen LogP contribution in [0.1, 0.15) is 16.1 Å². The Balaban J connectivity index is 1.56. The number of esters is 1. The minimum absolute atomic E-state index is 0.394.